The largest absolute Gasteiger partial charge is 0.326 e. The third kappa shape index (κ3) is 2.80. The summed E-state index contributed by atoms with van der Waals surface area (Å²) in [4.78, 5) is 15.2. The summed E-state index contributed by atoms with van der Waals surface area (Å²) in [7, 11) is -3.15. The van der Waals surface area contributed by atoms with Gasteiger partial charge in [-0.3, -0.25) is 4.57 Å². The quantitative estimate of drug-likeness (QED) is 0.918. The summed E-state index contributed by atoms with van der Waals surface area (Å²) in [5.74, 6) is 0.647. The summed E-state index contributed by atoms with van der Waals surface area (Å²) in [5.41, 5.74) is 1.63. The van der Waals surface area contributed by atoms with Gasteiger partial charge < -0.3 is 4.98 Å². The number of fused-ring (bicyclic) bond motifs is 1. The summed E-state index contributed by atoms with van der Waals surface area (Å²) in [6.45, 7) is 1.01. The first-order valence-electron chi connectivity index (χ1n) is 8.72. The topological polar surface area (TPSA) is 75.2 Å². The third-order valence-electron chi connectivity index (χ3n) is 5.48. The van der Waals surface area contributed by atoms with E-state index in [0.29, 0.717) is 37.6 Å². The standard InChI is InChI=1S/C17H23N3O3S/c21-17-18-15-6-1-2-7-16(15)20(17)14-8-10-19(11-9-14)24(22,23)12-13-4-3-5-13/h1-2,6-7,13-14H,3-5,8-12H2,(H,18,21). The zero-order valence-electron chi connectivity index (χ0n) is 13.6. The number of nitrogens with zero attached hydrogens (tertiary/aromatic N) is 2. The first-order valence-corrected chi connectivity index (χ1v) is 10.3. The van der Waals surface area contributed by atoms with Gasteiger partial charge in [-0.1, -0.05) is 18.6 Å². The molecule has 2 heterocycles. The number of hydrogen-bond acceptors (Lipinski definition) is 3. The number of para-hydroxylation sites is 2. The van der Waals surface area contributed by atoms with Crippen LogP contribution in [0.3, 0.4) is 0 Å². The first-order chi connectivity index (χ1) is 11.5. The van der Waals surface area contributed by atoms with Crippen LogP contribution in [0.4, 0.5) is 0 Å². The lowest BCUT2D eigenvalue weighted by Gasteiger charge is -2.34. The van der Waals surface area contributed by atoms with E-state index >= 15 is 0 Å². The molecule has 24 heavy (non-hydrogen) atoms. The number of benzene rings is 1. The Labute approximate surface area is 141 Å². The van der Waals surface area contributed by atoms with E-state index in [0.717, 1.165) is 30.3 Å². The van der Waals surface area contributed by atoms with Crippen molar-refractivity contribution in [1.29, 1.82) is 0 Å². The zero-order valence-corrected chi connectivity index (χ0v) is 14.5. The van der Waals surface area contributed by atoms with Crippen molar-refractivity contribution in [3.05, 3.63) is 34.7 Å². The lowest BCUT2D eigenvalue weighted by atomic mass is 9.87. The minimum absolute atomic E-state index is 0.0591. The van der Waals surface area contributed by atoms with Crippen molar-refractivity contribution in [3.63, 3.8) is 0 Å². The van der Waals surface area contributed by atoms with Gasteiger partial charge >= 0.3 is 5.69 Å². The maximum atomic E-state index is 12.5. The number of piperidine rings is 1. The SMILES string of the molecule is O=c1[nH]c2ccccc2n1C1CCN(S(=O)(=O)CC2CCC2)CC1. The Hall–Kier alpha value is -1.60. The highest BCUT2D eigenvalue weighted by atomic mass is 32.2. The van der Waals surface area contributed by atoms with Crippen LogP contribution in [0.15, 0.2) is 29.1 Å². The molecule has 1 aliphatic carbocycles. The molecule has 7 heteroatoms. The van der Waals surface area contributed by atoms with Crippen LogP contribution in [0.1, 0.15) is 38.1 Å². The number of aromatic amines is 1. The molecule has 1 saturated carbocycles. The van der Waals surface area contributed by atoms with Crippen LogP contribution in [-0.4, -0.2) is 41.1 Å². The van der Waals surface area contributed by atoms with E-state index in [2.05, 4.69) is 4.98 Å². The number of H-pyrrole nitrogens is 1. The van der Waals surface area contributed by atoms with Gasteiger partial charge in [0.05, 0.1) is 16.8 Å². The molecule has 0 bridgehead atoms. The highest BCUT2D eigenvalue weighted by Crippen LogP contribution is 2.31. The van der Waals surface area contributed by atoms with Crippen molar-refractivity contribution in [2.45, 2.75) is 38.1 Å². The van der Waals surface area contributed by atoms with Crippen LogP contribution in [0.2, 0.25) is 0 Å². The molecule has 0 radical (unpaired) electrons. The van der Waals surface area contributed by atoms with E-state index < -0.39 is 10.0 Å². The second-order valence-corrected chi connectivity index (χ2v) is 9.04. The Bertz CT molecular complexity index is 887. The molecule has 0 unspecified atom stereocenters. The van der Waals surface area contributed by atoms with Crippen LogP contribution in [-0.2, 0) is 10.0 Å². The number of sulfonamides is 1. The molecule has 2 aromatic rings. The predicted molar refractivity (Wildman–Crippen MR) is 93.5 cm³/mol. The fourth-order valence-electron chi connectivity index (χ4n) is 3.88. The van der Waals surface area contributed by atoms with Crippen molar-refractivity contribution in [2.75, 3.05) is 18.8 Å². The highest BCUT2D eigenvalue weighted by molar-refractivity contribution is 7.89. The third-order valence-corrected chi connectivity index (χ3v) is 7.52. The van der Waals surface area contributed by atoms with Crippen molar-refractivity contribution >= 4 is 21.1 Å². The molecule has 2 fully saturated rings. The van der Waals surface area contributed by atoms with Gasteiger partial charge in [0.15, 0.2) is 0 Å². The second kappa shape index (κ2) is 6.04. The Morgan fingerprint density at radius 3 is 2.46 bits per heavy atom. The normalized spacial score (nSPS) is 21.2. The smallest absolute Gasteiger partial charge is 0.306 e. The van der Waals surface area contributed by atoms with Gasteiger partial charge in [-0.05, 0) is 43.7 Å². The zero-order chi connectivity index (χ0) is 16.7. The Morgan fingerprint density at radius 2 is 1.79 bits per heavy atom. The van der Waals surface area contributed by atoms with Gasteiger partial charge in [0.2, 0.25) is 10.0 Å². The van der Waals surface area contributed by atoms with Crippen LogP contribution in [0.25, 0.3) is 11.0 Å². The van der Waals surface area contributed by atoms with E-state index in [1.165, 1.54) is 0 Å². The van der Waals surface area contributed by atoms with E-state index in [9.17, 15) is 13.2 Å². The molecule has 1 aromatic carbocycles. The summed E-state index contributed by atoms with van der Waals surface area (Å²) in [5, 5.41) is 0. The summed E-state index contributed by atoms with van der Waals surface area (Å²) in [6.07, 6.45) is 4.61. The Kier molecular flexibility index (Phi) is 4.00. The number of aromatic nitrogens is 2. The molecule has 4 rings (SSSR count). The molecule has 1 aromatic heterocycles. The second-order valence-electron chi connectivity index (χ2n) is 7.02. The fraction of sp³-hybridized carbons (Fsp3) is 0.588. The van der Waals surface area contributed by atoms with Crippen LogP contribution >= 0.6 is 0 Å². The van der Waals surface area contributed by atoms with Crippen LogP contribution < -0.4 is 5.69 Å². The lowest BCUT2D eigenvalue weighted by molar-refractivity contribution is 0.268. The van der Waals surface area contributed by atoms with Crippen LogP contribution in [0, 0.1) is 5.92 Å². The summed E-state index contributed by atoms with van der Waals surface area (Å²) >= 11 is 0. The van der Waals surface area contributed by atoms with Gasteiger partial charge in [0.1, 0.15) is 0 Å². The van der Waals surface area contributed by atoms with Crippen LogP contribution in [0.5, 0.6) is 0 Å². The molecule has 0 atom stereocenters. The van der Waals surface area contributed by atoms with Gasteiger partial charge in [-0.2, -0.15) is 0 Å². The molecule has 1 aliphatic heterocycles. The molecule has 6 nitrogen and oxygen atoms in total. The molecule has 130 valence electrons. The Balaban J connectivity index is 1.49. The van der Waals surface area contributed by atoms with Crippen molar-refractivity contribution < 1.29 is 8.42 Å². The number of rotatable bonds is 4. The highest BCUT2D eigenvalue weighted by Gasteiger charge is 2.33. The molecular formula is C17H23N3O3S. The number of imidazole rings is 1. The van der Waals surface area contributed by atoms with Gasteiger partial charge in [0, 0.05) is 19.1 Å². The van der Waals surface area contributed by atoms with E-state index in [1.54, 1.807) is 8.87 Å². The number of nitrogens with one attached hydrogen (secondary N) is 1. The van der Waals surface area contributed by atoms with E-state index in [-0.39, 0.29) is 11.7 Å². The summed E-state index contributed by atoms with van der Waals surface area (Å²) in [6, 6.07) is 7.71. The summed E-state index contributed by atoms with van der Waals surface area (Å²) < 4.78 is 28.4. The first kappa shape index (κ1) is 15.9. The molecule has 0 spiro atoms. The molecule has 1 saturated heterocycles. The minimum Gasteiger partial charge on any atom is -0.306 e. The average molecular weight is 349 g/mol. The van der Waals surface area contributed by atoms with Crippen molar-refractivity contribution in [1.82, 2.24) is 13.9 Å². The van der Waals surface area contributed by atoms with Crippen molar-refractivity contribution in [3.8, 4) is 0 Å². The van der Waals surface area contributed by atoms with Gasteiger partial charge in [-0.25, -0.2) is 17.5 Å². The van der Waals surface area contributed by atoms with E-state index in [1.807, 2.05) is 24.3 Å². The monoisotopic (exact) mass is 349 g/mol. The average Bonchev–Trinajstić information content (AvgIpc) is 2.87. The maximum absolute atomic E-state index is 12.5. The number of hydrogen-bond donors (Lipinski definition) is 1. The van der Waals surface area contributed by atoms with E-state index in [4.69, 9.17) is 0 Å². The fourth-order valence-corrected chi connectivity index (χ4v) is 5.79. The maximum Gasteiger partial charge on any atom is 0.326 e. The molecular weight excluding hydrogens is 326 g/mol. The Morgan fingerprint density at radius 1 is 1.08 bits per heavy atom. The minimum atomic E-state index is -3.15. The van der Waals surface area contributed by atoms with Gasteiger partial charge in [-0.15, -0.1) is 0 Å². The molecule has 1 N–H and O–H groups in total. The molecule has 0 amide bonds. The van der Waals surface area contributed by atoms with Gasteiger partial charge in [0.25, 0.3) is 0 Å². The predicted octanol–water partition coefficient (Wildman–Crippen LogP) is 2.10. The molecule has 2 aliphatic rings. The lowest BCUT2D eigenvalue weighted by Crippen LogP contribution is -2.43. The van der Waals surface area contributed by atoms with Crippen molar-refractivity contribution in [2.24, 2.45) is 5.92 Å².